The summed E-state index contributed by atoms with van der Waals surface area (Å²) in [4.78, 5) is 2.19. The molecular formula is C6H14ClN. The highest BCUT2D eigenvalue weighted by atomic mass is 35.5. The molecule has 50 valence electrons. The molecular weight excluding hydrogens is 122 g/mol. The van der Waals surface area contributed by atoms with Gasteiger partial charge in [0.05, 0.1) is 0 Å². The molecule has 0 aromatic rings. The maximum Gasteiger partial charge on any atom is 0.0157 e. The Morgan fingerprint density at radius 3 is 2.25 bits per heavy atom. The summed E-state index contributed by atoms with van der Waals surface area (Å²) in [5.74, 6) is 0. The standard InChI is InChI=1S/C6H13N.ClH/c1-4-6-7(3)5-2;/h4H,1,5-6H2,2-3H3;1H. The average Bonchev–Trinajstić information content (AvgIpc) is 1.68. The molecule has 0 aliphatic carbocycles. The quantitative estimate of drug-likeness (QED) is 0.531. The highest BCUT2D eigenvalue weighted by Gasteiger charge is 1.83. The summed E-state index contributed by atoms with van der Waals surface area (Å²) in [5.41, 5.74) is 0. The zero-order chi connectivity index (χ0) is 5.70. The van der Waals surface area contributed by atoms with Crippen LogP contribution in [0.2, 0.25) is 0 Å². The second-order valence-corrected chi connectivity index (χ2v) is 1.64. The Morgan fingerprint density at radius 1 is 1.62 bits per heavy atom. The molecule has 0 aromatic carbocycles. The molecule has 0 N–H and O–H groups in total. The van der Waals surface area contributed by atoms with E-state index < -0.39 is 0 Å². The lowest BCUT2D eigenvalue weighted by Gasteiger charge is -2.08. The van der Waals surface area contributed by atoms with E-state index in [-0.39, 0.29) is 12.4 Å². The van der Waals surface area contributed by atoms with Crippen molar-refractivity contribution in [3.63, 3.8) is 0 Å². The van der Waals surface area contributed by atoms with Crippen molar-refractivity contribution in [3.05, 3.63) is 12.7 Å². The first-order valence-electron chi connectivity index (χ1n) is 2.60. The van der Waals surface area contributed by atoms with Crippen LogP contribution in [0.3, 0.4) is 0 Å². The minimum absolute atomic E-state index is 0. The van der Waals surface area contributed by atoms with Crippen molar-refractivity contribution in [1.82, 2.24) is 4.90 Å². The van der Waals surface area contributed by atoms with E-state index in [1.54, 1.807) is 0 Å². The van der Waals surface area contributed by atoms with E-state index in [4.69, 9.17) is 0 Å². The molecule has 0 fully saturated rings. The van der Waals surface area contributed by atoms with E-state index in [2.05, 4.69) is 25.5 Å². The third-order valence-corrected chi connectivity index (χ3v) is 0.981. The van der Waals surface area contributed by atoms with Crippen molar-refractivity contribution in [1.29, 1.82) is 0 Å². The van der Waals surface area contributed by atoms with E-state index in [9.17, 15) is 0 Å². The minimum atomic E-state index is 0. The Balaban J connectivity index is 0. The highest BCUT2D eigenvalue weighted by molar-refractivity contribution is 5.85. The SMILES string of the molecule is C=CCN(C)CC.Cl. The molecule has 0 saturated carbocycles. The molecule has 0 heterocycles. The lowest BCUT2D eigenvalue weighted by Crippen LogP contribution is -2.16. The number of hydrogen-bond donors (Lipinski definition) is 0. The van der Waals surface area contributed by atoms with E-state index in [1.165, 1.54) is 0 Å². The van der Waals surface area contributed by atoms with Crippen molar-refractivity contribution < 1.29 is 0 Å². The van der Waals surface area contributed by atoms with Crippen molar-refractivity contribution in [3.8, 4) is 0 Å². The van der Waals surface area contributed by atoms with Crippen LogP contribution in [0.15, 0.2) is 12.7 Å². The smallest absolute Gasteiger partial charge is 0.0157 e. The summed E-state index contributed by atoms with van der Waals surface area (Å²) in [5, 5.41) is 0. The summed E-state index contributed by atoms with van der Waals surface area (Å²) in [6.07, 6.45) is 1.91. The van der Waals surface area contributed by atoms with Crippen LogP contribution in [0.25, 0.3) is 0 Å². The fourth-order valence-electron chi connectivity index (χ4n) is 0.349. The molecule has 2 heteroatoms. The van der Waals surface area contributed by atoms with Gasteiger partial charge in [-0.25, -0.2) is 0 Å². The Bertz CT molecular complexity index is 54.5. The second-order valence-electron chi connectivity index (χ2n) is 1.64. The Kier molecular flexibility index (Phi) is 9.51. The van der Waals surface area contributed by atoms with Gasteiger partial charge in [-0.05, 0) is 13.6 Å². The Morgan fingerprint density at radius 2 is 2.12 bits per heavy atom. The predicted octanol–water partition coefficient (Wildman–Crippen LogP) is 1.55. The second kappa shape index (κ2) is 6.99. The van der Waals surface area contributed by atoms with Gasteiger partial charge in [0, 0.05) is 6.54 Å². The van der Waals surface area contributed by atoms with Crippen molar-refractivity contribution in [2.24, 2.45) is 0 Å². The normalized spacial score (nSPS) is 8.38. The van der Waals surface area contributed by atoms with Crippen molar-refractivity contribution in [2.45, 2.75) is 6.92 Å². The molecule has 0 aliphatic rings. The van der Waals surface area contributed by atoms with Crippen LogP contribution in [0.4, 0.5) is 0 Å². The van der Waals surface area contributed by atoms with Crippen LogP contribution in [-0.4, -0.2) is 25.0 Å². The largest absolute Gasteiger partial charge is 0.303 e. The fraction of sp³-hybridized carbons (Fsp3) is 0.667. The van der Waals surface area contributed by atoms with E-state index in [0.29, 0.717) is 0 Å². The first-order valence-corrected chi connectivity index (χ1v) is 2.60. The molecule has 0 radical (unpaired) electrons. The first-order chi connectivity index (χ1) is 3.31. The predicted molar refractivity (Wildman–Crippen MR) is 40.6 cm³/mol. The molecule has 0 aliphatic heterocycles. The zero-order valence-corrected chi connectivity index (χ0v) is 6.37. The number of nitrogens with zero attached hydrogens (tertiary/aromatic N) is 1. The maximum atomic E-state index is 3.61. The monoisotopic (exact) mass is 135 g/mol. The molecule has 0 spiro atoms. The first kappa shape index (κ1) is 10.9. The lowest BCUT2D eigenvalue weighted by molar-refractivity contribution is 0.392. The number of rotatable bonds is 3. The molecule has 8 heavy (non-hydrogen) atoms. The number of hydrogen-bond acceptors (Lipinski definition) is 1. The topological polar surface area (TPSA) is 3.24 Å². The molecule has 1 nitrogen and oxygen atoms in total. The van der Waals surface area contributed by atoms with Crippen LogP contribution >= 0.6 is 12.4 Å². The van der Waals surface area contributed by atoms with Gasteiger partial charge in [-0.2, -0.15) is 0 Å². The minimum Gasteiger partial charge on any atom is -0.303 e. The van der Waals surface area contributed by atoms with Gasteiger partial charge in [0.25, 0.3) is 0 Å². The van der Waals surface area contributed by atoms with Crippen molar-refractivity contribution in [2.75, 3.05) is 20.1 Å². The molecule has 0 rings (SSSR count). The van der Waals surface area contributed by atoms with Crippen LogP contribution in [0, 0.1) is 0 Å². The summed E-state index contributed by atoms with van der Waals surface area (Å²) in [6.45, 7) is 7.84. The Labute approximate surface area is 57.8 Å². The van der Waals surface area contributed by atoms with Gasteiger partial charge < -0.3 is 4.90 Å². The number of likely N-dealkylation sites (N-methyl/N-ethyl adjacent to an activating group) is 1. The molecule has 0 amide bonds. The molecule has 0 saturated heterocycles. The lowest BCUT2D eigenvalue weighted by atomic mass is 10.5. The van der Waals surface area contributed by atoms with Crippen LogP contribution in [-0.2, 0) is 0 Å². The summed E-state index contributed by atoms with van der Waals surface area (Å²) >= 11 is 0. The average molecular weight is 136 g/mol. The van der Waals surface area contributed by atoms with Gasteiger partial charge in [-0.15, -0.1) is 19.0 Å². The van der Waals surface area contributed by atoms with Gasteiger partial charge in [0.2, 0.25) is 0 Å². The van der Waals surface area contributed by atoms with Gasteiger partial charge >= 0.3 is 0 Å². The summed E-state index contributed by atoms with van der Waals surface area (Å²) < 4.78 is 0. The molecule has 0 aromatic heterocycles. The molecule has 0 atom stereocenters. The summed E-state index contributed by atoms with van der Waals surface area (Å²) in [6, 6.07) is 0. The Hall–Kier alpha value is -0.0100. The van der Waals surface area contributed by atoms with E-state index in [1.807, 2.05) is 6.08 Å². The van der Waals surface area contributed by atoms with Gasteiger partial charge in [0.1, 0.15) is 0 Å². The number of halogens is 1. The molecule has 0 bridgehead atoms. The van der Waals surface area contributed by atoms with E-state index >= 15 is 0 Å². The third kappa shape index (κ3) is 5.99. The van der Waals surface area contributed by atoms with Gasteiger partial charge in [-0.1, -0.05) is 13.0 Å². The maximum absolute atomic E-state index is 3.61. The van der Waals surface area contributed by atoms with E-state index in [0.717, 1.165) is 13.1 Å². The zero-order valence-electron chi connectivity index (χ0n) is 5.55. The highest BCUT2D eigenvalue weighted by Crippen LogP contribution is 1.77. The van der Waals surface area contributed by atoms with Crippen LogP contribution < -0.4 is 0 Å². The van der Waals surface area contributed by atoms with Crippen LogP contribution in [0.5, 0.6) is 0 Å². The molecule has 0 unspecified atom stereocenters. The van der Waals surface area contributed by atoms with Gasteiger partial charge in [-0.3, -0.25) is 0 Å². The summed E-state index contributed by atoms with van der Waals surface area (Å²) in [7, 11) is 2.07. The van der Waals surface area contributed by atoms with Crippen LogP contribution in [0.1, 0.15) is 6.92 Å². The third-order valence-electron chi connectivity index (χ3n) is 0.981. The fourth-order valence-corrected chi connectivity index (χ4v) is 0.349. The van der Waals surface area contributed by atoms with Crippen molar-refractivity contribution >= 4 is 12.4 Å². The van der Waals surface area contributed by atoms with Gasteiger partial charge in [0.15, 0.2) is 0 Å².